The van der Waals surface area contributed by atoms with Crippen molar-refractivity contribution in [3.05, 3.63) is 36.2 Å². The van der Waals surface area contributed by atoms with E-state index < -0.39 is 11.4 Å². The van der Waals surface area contributed by atoms with Gasteiger partial charge in [-0.15, -0.1) is 0 Å². The van der Waals surface area contributed by atoms with Crippen LogP contribution in [0.1, 0.15) is 32.3 Å². The molecule has 0 unspecified atom stereocenters. The van der Waals surface area contributed by atoms with Crippen molar-refractivity contribution in [3.63, 3.8) is 0 Å². The Labute approximate surface area is 95.8 Å². The van der Waals surface area contributed by atoms with Gasteiger partial charge in [-0.25, -0.2) is 0 Å². The first-order valence-corrected chi connectivity index (χ1v) is 5.32. The minimum absolute atomic E-state index is 0.638. The minimum atomic E-state index is -0.748. The van der Waals surface area contributed by atoms with Crippen LogP contribution in [0.25, 0.3) is 6.08 Å². The maximum absolute atomic E-state index is 10.9. The summed E-state index contributed by atoms with van der Waals surface area (Å²) < 4.78 is 0. The summed E-state index contributed by atoms with van der Waals surface area (Å²) in [6.45, 7) is 3.49. The molecular weight excluding hydrogens is 202 g/mol. The molecule has 0 aliphatic carbocycles. The normalized spacial score (nSPS) is 11.9. The molecule has 3 nitrogen and oxygen atoms in total. The summed E-state index contributed by atoms with van der Waals surface area (Å²) in [5.74, 6) is -0.748. The van der Waals surface area contributed by atoms with Crippen LogP contribution in [0.3, 0.4) is 0 Å². The van der Waals surface area contributed by atoms with E-state index in [1.54, 1.807) is 26.2 Å². The van der Waals surface area contributed by atoms with Crippen LogP contribution in [0.4, 0.5) is 0 Å². The molecule has 0 fully saturated rings. The summed E-state index contributed by atoms with van der Waals surface area (Å²) in [5.41, 5.74) is 0.384. The average Bonchev–Trinajstić information content (AvgIpc) is 2.26. The van der Waals surface area contributed by atoms with E-state index in [1.165, 1.54) is 0 Å². The molecule has 1 N–H and O–H groups in total. The molecule has 0 aliphatic heterocycles. The number of carboxylic acid groups (broad SMARTS) is 1. The number of pyridine rings is 1. The Hall–Kier alpha value is -1.64. The Morgan fingerprint density at radius 3 is 2.88 bits per heavy atom. The lowest BCUT2D eigenvalue weighted by atomic mass is 9.88. The van der Waals surface area contributed by atoms with Crippen molar-refractivity contribution in [1.29, 1.82) is 0 Å². The van der Waals surface area contributed by atoms with Gasteiger partial charge in [-0.2, -0.15) is 0 Å². The molecule has 0 saturated heterocycles. The number of nitrogens with zero attached hydrogens (tertiary/aromatic N) is 1. The summed E-state index contributed by atoms with van der Waals surface area (Å²) in [6.07, 6.45) is 8.85. The smallest absolute Gasteiger partial charge is 0.309 e. The zero-order valence-corrected chi connectivity index (χ0v) is 9.68. The standard InChI is InChI=1S/C13H17NO2/c1-13(2,12(15)16)8-4-3-6-11-7-5-9-14-10-11/h3,5-7,9-10H,4,8H2,1-2H3,(H,15,16)/b6-3+. The maximum Gasteiger partial charge on any atom is 0.309 e. The van der Waals surface area contributed by atoms with Crippen molar-refractivity contribution in [3.8, 4) is 0 Å². The van der Waals surface area contributed by atoms with Crippen LogP contribution in [0.15, 0.2) is 30.6 Å². The number of carbonyl (C=O) groups is 1. The molecule has 0 spiro atoms. The number of carboxylic acids is 1. The van der Waals surface area contributed by atoms with Gasteiger partial charge in [0.25, 0.3) is 0 Å². The van der Waals surface area contributed by atoms with Crippen LogP contribution < -0.4 is 0 Å². The Balaban J connectivity index is 2.42. The first kappa shape index (κ1) is 12.4. The van der Waals surface area contributed by atoms with Crippen molar-refractivity contribution in [2.45, 2.75) is 26.7 Å². The van der Waals surface area contributed by atoms with E-state index in [1.807, 2.05) is 24.3 Å². The Morgan fingerprint density at radius 1 is 1.56 bits per heavy atom. The first-order valence-electron chi connectivity index (χ1n) is 5.32. The molecular formula is C13H17NO2. The highest BCUT2D eigenvalue weighted by atomic mass is 16.4. The molecule has 0 atom stereocenters. The fraction of sp³-hybridized carbons (Fsp3) is 0.385. The van der Waals surface area contributed by atoms with E-state index in [2.05, 4.69) is 4.98 Å². The van der Waals surface area contributed by atoms with E-state index in [0.717, 1.165) is 12.0 Å². The van der Waals surface area contributed by atoms with Gasteiger partial charge in [-0.1, -0.05) is 18.2 Å². The van der Waals surface area contributed by atoms with E-state index >= 15 is 0 Å². The van der Waals surface area contributed by atoms with Crippen LogP contribution in [-0.2, 0) is 4.79 Å². The molecule has 1 rings (SSSR count). The van der Waals surface area contributed by atoms with Crippen molar-refractivity contribution in [2.24, 2.45) is 5.41 Å². The van der Waals surface area contributed by atoms with Gasteiger partial charge in [-0.3, -0.25) is 9.78 Å². The molecule has 1 aromatic heterocycles. The third kappa shape index (κ3) is 3.85. The summed E-state index contributed by atoms with van der Waals surface area (Å²) in [5, 5.41) is 8.92. The van der Waals surface area contributed by atoms with E-state index in [4.69, 9.17) is 5.11 Å². The number of aliphatic carboxylic acids is 1. The molecule has 1 heterocycles. The van der Waals surface area contributed by atoms with Gasteiger partial charge in [0.2, 0.25) is 0 Å². The van der Waals surface area contributed by atoms with Crippen LogP contribution >= 0.6 is 0 Å². The zero-order chi connectivity index (χ0) is 12.0. The van der Waals surface area contributed by atoms with Crippen LogP contribution in [-0.4, -0.2) is 16.1 Å². The molecule has 16 heavy (non-hydrogen) atoms. The predicted molar refractivity (Wildman–Crippen MR) is 63.9 cm³/mol. The summed E-state index contributed by atoms with van der Waals surface area (Å²) >= 11 is 0. The Kier molecular flexibility index (Phi) is 4.23. The van der Waals surface area contributed by atoms with Crippen molar-refractivity contribution >= 4 is 12.0 Å². The molecule has 86 valence electrons. The fourth-order valence-corrected chi connectivity index (χ4v) is 1.25. The number of aromatic nitrogens is 1. The SMILES string of the molecule is CC(C)(CC/C=C/c1cccnc1)C(=O)O. The second-order valence-electron chi connectivity index (χ2n) is 4.42. The van der Waals surface area contributed by atoms with Gasteiger partial charge in [0.05, 0.1) is 5.41 Å². The largest absolute Gasteiger partial charge is 0.481 e. The lowest BCUT2D eigenvalue weighted by Gasteiger charge is -2.17. The van der Waals surface area contributed by atoms with Crippen molar-refractivity contribution in [1.82, 2.24) is 4.98 Å². The summed E-state index contributed by atoms with van der Waals surface area (Å²) in [7, 11) is 0. The van der Waals surface area contributed by atoms with E-state index in [9.17, 15) is 4.79 Å². The molecule has 0 radical (unpaired) electrons. The Bertz CT molecular complexity index is 369. The molecule has 0 bridgehead atoms. The molecule has 1 aromatic rings. The first-order chi connectivity index (χ1) is 7.52. The number of rotatable bonds is 5. The molecule has 0 aromatic carbocycles. The lowest BCUT2D eigenvalue weighted by Crippen LogP contribution is -2.22. The summed E-state index contributed by atoms with van der Waals surface area (Å²) in [4.78, 5) is 14.8. The molecule has 0 saturated carbocycles. The van der Waals surface area contributed by atoms with Gasteiger partial charge < -0.3 is 5.11 Å². The van der Waals surface area contributed by atoms with Crippen molar-refractivity contribution < 1.29 is 9.90 Å². The average molecular weight is 219 g/mol. The highest BCUT2D eigenvalue weighted by Crippen LogP contribution is 2.22. The second kappa shape index (κ2) is 5.45. The highest BCUT2D eigenvalue weighted by Gasteiger charge is 2.25. The number of hydrogen-bond donors (Lipinski definition) is 1. The van der Waals surface area contributed by atoms with Crippen LogP contribution in [0, 0.1) is 5.41 Å². The maximum atomic E-state index is 10.9. The van der Waals surface area contributed by atoms with Gasteiger partial charge in [0, 0.05) is 12.4 Å². The third-order valence-corrected chi connectivity index (χ3v) is 2.51. The van der Waals surface area contributed by atoms with Gasteiger partial charge in [0.15, 0.2) is 0 Å². The van der Waals surface area contributed by atoms with Gasteiger partial charge >= 0.3 is 5.97 Å². The lowest BCUT2D eigenvalue weighted by molar-refractivity contribution is -0.147. The van der Waals surface area contributed by atoms with Gasteiger partial charge in [-0.05, 0) is 38.3 Å². The zero-order valence-electron chi connectivity index (χ0n) is 9.68. The minimum Gasteiger partial charge on any atom is -0.481 e. The van der Waals surface area contributed by atoms with E-state index in [0.29, 0.717) is 6.42 Å². The molecule has 0 amide bonds. The second-order valence-corrected chi connectivity index (χ2v) is 4.42. The molecule has 3 heteroatoms. The number of allylic oxidation sites excluding steroid dienone is 1. The number of hydrogen-bond acceptors (Lipinski definition) is 2. The predicted octanol–water partition coefficient (Wildman–Crippen LogP) is 2.99. The topological polar surface area (TPSA) is 50.2 Å². The quantitative estimate of drug-likeness (QED) is 0.828. The van der Waals surface area contributed by atoms with Gasteiger partial charge in [0.1, 0.15) is 0 Å². The van der Waals surface area contributed by atoms with Crippen molar-refractivity contribution in [2.75, 3.05) is 0 Å². The summed E-state index contributed by atoms with van der Waals surface area (Å²) in [6, 6.07) is 3.84. The van der Waals surface area contributed by atoms with E-state index in [-0.39, 0.29) is 0 Å². The Morgan fingerprint density at radius 2 is 2.31 bits per heavy atom. The molecule has 0 aliphatic rings. The fourth-order valence-electron chi connectivity index (χ4n) is 1.25. The van der Waals surface area contributed by atoms with Crippen LogP contribution in [0.2, 0.25) is 0 Å². The monoisotopic (exact) mass is 219 g/mol. The third-order valence-electron chi connectivity index (χ3n) is 2.51. The van der Waals surface area contributed by atoms with Crippen LogP contribution in [0.5, 0.6) is 0 Å². The highest BCUT2D eigenvalue weighted by molar-refractivity contribution is 5.73.